The summed E-state index contributed by atoms with van der Waals surface area (Å²) in [7, 11) is 0. The topological polar surface area (TPSA) is 58.9 Å². The molecule has 0 saturated heterocycles. The molecule has 15 heavy (non-hydrogen) atoms. The number of Topliss-reactive ketones (excluding diaryl/α,β-unsaturated/α-hetero) is 1. The summed E-state index contributed by atoms with van der Waals surface area (Å²) in [6, 6.07) is 4.02. The Morgan fingerprint density at radius 1 is 1.53 bits per heavy atom. The average Bonchev–Trinajstić information content (AvgIpc) is 2.61. The molecule has 0 spiro atoms. The molecule has 1 aromatic carbocycles. The highest BCUT2D eigenvalue weighted by Crippen LogP contribution is 2.22. The molecule has 3 N–H and O–H groups in total. The summed E-state index contributed by atoms with van der Waals surface area (Å²) in [4.78, 5) is 14.5. The standard InChI is InChI=1S/C11H11FN2O/c1-6(13)11(15)7-5-14-9-4-2-3-8(12)10(7)9/h2-6,14H,13H2,1H3. The minimum atomic E-state index is -0.622. The second kappa shape index (κ2) is 3.47. The van der Waals surface area contributed by atoms with Gasteiger partial charge in [-0.1, -0.05) is 6.07 Å². The molecule has 0 radical (unpaired) electrons. The van der Waals surface area contributed by atoms with Crippen LogP contribution in [0.15, 0.2) is 24.4 Å². The molecule has 0 aliphatic heterocycles. The second-order valence-electron chi connectivity index (χ2n) is 3.52. The van der Waals surface area contributed by atoms with Crippen LogP contribution in [0.25, 0.3) is 10.9 Å². The van der Waals surface area contributed by atoms with Gasteiger partial charge < -0.3 is 10.7 Å². The number of nitrogens with two attached hydrogens (primary N) is 1. The van der Waals surface area contributed by atoms with Gasteiger partial charge in [0.25, 0.3) is 0 Å². The molecule has 0 aliphatic carbocycles. The highest BCUT2D eigenvalue weighted by atomic mass is 19.1. The Labute approximate surface area is 86.1 Å². The highest BCUT2D eigenvalue weighted by molar-refractivity contribution is 6.10. The quantitative estimate of drug-likeness (QED) is 0.736. The maximum atomic E-state index is 13.5. The third kappa shape index (κ3) is 1.53. The molecule has 4 heteroatoms. The molecular formula is C11H11FN2O. The van der Waals surface area contributed by atoms with Crippen molar-refractivity contribution in [3.05, 3.63) is 35.8 Å². The Kier molecular flexibility index (Phi) is 2.28. The number of benzene rings is 1. The van der Waals surface area contributed by atoms with Gasteiger partial charge in [0.2, 0.25) is 0 Å². The predicted molar refractivity (Wildman–Crippen MR) is 56.2 cm³/mol. The van der Waals surface area contributed by atoms with Crippen molar-refractivity contribution in [2.75, 3.05) is 0 Å². The van der Waals surface area contributed by atoms with Crippen molar-refractivity contribution < 1.29 is 9.18 Å². The third-order valence-corrected chi connectivity index (χ3v) is 2.33. The van der Waals surface area contributed by atoms with Gasteiger partial charge in [0.1, 0.15) is 5.82 Å². The lowest BCUT2D eigenvalue weighted by Crippen LogP contribution is -2.26. The SMILES string of the molecule is CC(N)C(=O)c1c[nH]c2cccc(F)c12. The number of aromatic amines is 1. The van der Waals surface area contributed by atoms with Gasteiger partial charge in [0.15, 0.2) is 5.78 Å². The van der Waals surface area contributed by atoms with Crippen LogP contribution in [0.2, 0.25) is 0 Å². The Morgan fingerprint density at radius 2 is 2.27 bits per heavy atom. The molecular weight excluding hydrogens is 195 g/mol. The first kappa shape index (κ1) is 9.86. The van der Waals surface area contributed by atoms with Crippen LogP contribution >= 0.6 is 0 Å². The van der Waals surface area contributed by atoms with Gasteiger partial charge in [0, 0.05) is 22.7 Å². The van der Waals surface area contributed by atoms with Crippen molar-refractivity contribution in [1.29, 1.82) is 0 Å². The zero-order valence-corrected chi connectivity index (χ0v) is 8.25. The first-order valence-corrected chi connectivity index (χ1v) is 4.66. The first-order chi connectivity index (χ1) is 7.11. The van der Waals surface area contributed by atoms with Crippen LogP contribution in [0.1, 0.15) is 17.3 Å². The third-order valence-electron chi connectivity index (χ3n) is 2.33. The van der Waals surface area contributed by atoms with E-state index in [1.165, 1.54) is 12.3 Å². The van der Waals surface area contributed by atoms with E-state index < -0.39 is 11.9 Å². The van der Waals surface area contributed by atoms with Crippen LogP contribution in [0.3, 0.4) is 0 Å². The summed E-state index contributed by atoms with van der Waals surface area (Å²) in [5, 5.41) is 0.319. The number of halogens is 1. The fourth-order valence-corrected chi connectivity index (χ4v) is 1.58. The number of aromatic nitrogens is 1. The van der Waals surface area contributed by atoms with Crippen LogP contribution in [0.4, 0.5) is 4.39 Å². The maximum absolute atomic E-state index is 13.5. The largest absolute Gasteiger partial charge is 0.360 e. The van der Waals surface area contributed by atoms with E-state index in [0.29, 0.717) is 16.5 Å². The van der Waals surface area contributed by atoms with Crippen LogP contribution in [0.5, 0.6) is 0 Å². The number of fused-ring (bicyclic) bond motifs is 1. The minimum Gasteiger partial charge on any atom is -0.360 e. The lowest BCUT2D eigenvalue weighted by Gasteiger charge is -2.02. The number of ketones is 1. The molecule has 1 aromatic heterocycles. The van der Waals surface area contributed by atoms with Gasteiger partial charge in [-0.25, -0.2) is 4.39 Å². The van der Waals surface area contributed by atoms with Crippen molar-refractivity contribution in [2.24, 2.45) is 5.73 Å². The Bertz CT molecular complexity index is 516. The number of hydrogen-bond acceptors (Lipinski definition) is 2. The van der Waals surface area contributed by atoms with Crippen LogP contribution in [0, 0.1) is 5.82 Å². The molecule has 0 aliphatic rings. The molecule has 1 heterocycles. The molecule has 2 rings (SSSR count). The van der Waals surface area contributed by atoms with E-state index in [0.717, 1.165) is 0 Å². The molecule has 0 bridgehead atoms. The number of hydrogen-bond donors (Lipinski definition) is 2. The minimum absolute atomic E-state index is 0.258. The molecule has 2 aromatic rings. The van der Waals surface area contributed by atoms with Crippen LogP contribution < -0.4 is 5.73 Å². The second-order valence-corrected chi connectivity index (χ2v) is 3.52. The zero-order valence-electron chi connectivity index (χ0n) is 8.25. The maximum Gasteiger partial charge on any atom is 0.181 e. The predicted octanol–water partition coefficient (Wildman–Crippen LogP) is 1.84. The number of carbonyl (C=O) groups is 1. The molecule has 3 nitrogen and oxygen atoms in total. The van der Waals surface area contributed by atoms with E-state index in [-0.39, 0.29) is 5.78 Å². The Morgan fingerprint density at radius 3 is 2.93 bits per heavy atom. The van der Waals surface area contributed by atoms with Gasteiger partial charge in [-0.3, -0.25) is 4.79 Å². The van der Waals surface area contributed by atoms with Gasteiger partial charge in [-0.05, 0) is 19.1 Å². The number of rotatable bonds is 2. The fourth-order valence-electron chi connectivity index (χ4n) is 1.58. The van der Waals surface area contributed by atoms with Crippen LogP contribution in [-0.2, 0) is 0 Å². The Balaban J connectivity index is 2.67. The van der Waals surface area contributed by atoms with Crippen molar-refractivity contribution in [3.63, 3.8) is 0 Å². The number of H-pyrrole nitrogens is 1. The summed E-state index contributed by atoms with van der Waals surface area (Å²) in [5.74, 6) is -0.663. The van der Waals surface area contributed by atoms with Gasteiger partial charge in [-0.2, -0.15) is 0 Å². The summed E-state index contributed by atoms with van der Waals surface area (Å²) in [5.41, 5.74) is 6.41. The smallest absolute Gasteiger partial charge is 0.181 e. The number of carbonyl (C=O) groups excluding carboxylic acids is 1. The van der Waals surface area contributed by atoms with E-state index in [9.17, 15) is 9.18 Å². The van der Waals surface area contributed by atoms with E-state index in [1.54, 1.807) is 19.1 Å². The highest BCUT2D eigenvalue weighted by Gasteiger charge is 2.17. The van der Waals surface area contributed by atoms with Gasteiger partial charge in [-0.15, -0.1) is 0 Å². The summed E-state index contributed by atoms with van der Waals surface area (Å²) < 4.78 is 13.5. The first-order valence-electron chi connectivity index (χ1n) is 4.66. The lowest BCUT2D eigenvalue weighted by molar-refractivity contribution is 0.0969. The van der Waals surface area contributed by atoms with Crippen molar-refractivity contribution in [1.82, 2.24) is 4.98 Å². The summed E-state index contributed by atoms with van der Waals surface area (Å²) >= 11 is 0. The average molecular weight is 206 g/mol. The van der Waals surface area contributed by atoms with E-state index in [2.05, 4.69) is 4.98 Å². The molecule has 1 atom stereocenters. The van der Waals surface area contributed by atoms with Crippen molar-refractivity contribution in [3.8, 4) is 0 Å². The molecule has 0 amide bonds. The normalized spacial score (nSPS) is 13.0. The van der Waals surface area contributed by atoms with Gasteiger partial charge >= 0.3 is 0 Å². The molecule has 0 fully saturated rings. The summed E-state index contributed by atoms with van der Waals surface area (Å²) in [6.45, 7) is 1.59. The van der Waals surface area contributed by atoms with Crippen molar-refractivity contribution >= 4 is 16.7 Å². The molecule has 78 valence electrons. The molecule has 0 saturated carbocycles. The van der Waals surface area contributed by atoms with E-state index in [1.807, 2.05) is 0 Å². The number of nitrogens with one attached hydrogen (secondary N) is 1. The molecule has 1 unspecified atom stereocenters. The van der Waals surface area contributed by atoms with E-state index >= 15 is 0 Å². The van der Waals surface area contributed by atoms with E-state index in [4.69, 9.17) is 5.73 Å². The lowest BCUT2D eigenvalue weighted by atomic mass is 10.0. The Hall–Kier alpha value is -1.68. The summed E-state index contributed by atoms with van der Waals surface area (Å²) in [6.07, 6.45) is 1.50. The van der Waals surface area contributed by atoms with Gasteiger partial charge in [0.05, 0.1) is 6.04 Å². The zero-order chi connectivity index (χ0) is 11.0. The fraction of sp³-hybridized carbons (Fsp3) is 0.182. The monoisotopic (exact) mass is 206 g/mol. The van der Waals surface area contributed by atoms with Crippen LogP contribution in [-0.4, -0.2) is 16.8 Å². The van der Waals surface area contributed by atoms with Crippen molar-refractivity contribution in [2.45, 2.75) is 13.0 Å².